The number of likely N-dealkylation sites (tertiary alicyclic amines) is 1. The molecule has 1 aromatic heterocycles. The number of nitrogens with one attached hydrogen (secondary N) is 1. The smallest absolute Gasteiger partial charge is 0.261 e. The molecule has 0 saturated carbocycles. The number of pyridine rings is 1. The summed E-state index contributed by atoms with van der Waals surface area (Å²) >= 11 is 0. The van der Waals surface area contributed by atoms with Gasteiger partial charge < -0.3 is 15.0 Å². The number of aliphatic hydroxyl groups excluding tert-OH is 1. The fourth-order valence-electron chi connectivity index (χ4n) is 3.04. The normalized spacial score (nSPS) is 17.5. The van der Waals surface area contributed by atoms with Crippen LogP contribution in [0.15, 0.2) is 41.2 Å². The average Bonchev–Trinajstić information content (AvgIpc) is 3.04. The zero-order valence-corrected chi connectivity index (χ0v) is 13.1. The number of aromatic nitrogens is 1. The maximum Gasteiger partial charge on any atom is 0.261 e. The second-order valence-corrected chi connectivity index (χ2v) is 6.01. The van der Waals surface area contributed by atoms with E-state index in [2.05, 4.69) is 4.98 Å². The number of hydrogen-bond acceptors (Lipinski definition) is 3. The predicted molar refractivity (Wildman–Crippen MR) is 88.3 cm³/mol. The Balaban J connectivity index is 1.97. The van der Waals surface area contributed by atoms with Gasteiger partial charge in [-0.25, -0.2) is 0 Å². The van der Waals surface area contributed by atoms with E-state index in [1.165, 1.54) is 0 Å². The summed E-state index contributed by atoms with van der Waals surface area (Å²) < 4.78 is 0. The summed E-state index contributed by atoms with van der Waals surface area (Å²) in [7, 11) is 0. The highest BCUT2D eigenvalue weighted by molar-refractivity contribution is 5.95. The van der Waals surface area contributed by atoms with Gasteiger partial charge in [-0.3, -0.25) is 9.59 Å². The molecule has 0 spiro atoms. The number of aliphatic hydroxyl groups is 1. The molecular weight excluding hydrogens is 292 g/mol. The van der Waals surface area contributed by atoms with Crippen molar-refractivity contribution in [3.8, 4) is 11.1 Å². The minimum absolute atomic E-state index is 0.0727. The molecule has 120 valence electrons. The van der Waals surface area contributed by atoms with Crippen LogP contribution in [0.1, 0.15) is 22.5 Å². The molecule has 23 heavy (non-hydrogen) atoms. The van der Waals surface area contributed by atoms with Crippen LogP contribution in [0, 0.1) is 12.8 Å². The monoisotopic (exact) mass is 312 g/mol. The third-order valence-corrected chi connectivity index (χ3v) is 4.38. The van der Waals surface area contributed by atoms with Gasteiger partial charge in [-0.15, -0.1) is 0 Å². The molecule has 1 aliphatic heterocycles. The minimum atomic E-state index is -0.361. The van der Waals surface area contributed by atoms with Crippen LogP contribution in [-0.2, 0) is 0 Å². The van der Waals surface area contributed by atoms with Gasteiger partial charge in [0.05, 0.1) is 0 Å². The summed E-state index contributed by atoms with van der Waals surface area (Å²) in [6.45, 7) is 2.99. The topological polar surface area (TPSA) is 73.4 Å². The summed E-state index contributed by atoms with van der Waals surface area (Å²) in [5, 5.41) is 9.21. The molecule has 1 atom stereocenters. The van der Waals surface area contributed by atoms with Gasteiger partial charge in [0, 0.05) is 36.9 Å². The van der Waals surface area contributed by atoms with Crippen LogP contribution in [0.25, 0.3) is 11.1 Å². The maximum atomic E-state index is 12.6. The number of rotatable bonds is 3. The maximum absolute atomic E-state index is 12.6. The third kappa shape index (κ3) is 3.05. The van der Waals surface area contributed by atoms with E-state index in [-0.39, 0.29) is 29.6 Å². The standard InChI is InChI=1S/C18H20N2O3/c1-12-15(14-5-3-2-4-6-14)9-16(17(22)19-12)18(23)20-8-7-13(10-20)11-21/h2-6,9,13,21H,7-8,10-11H2,1H3,(H,19,22). The predicted octanol–water partition coefficient (Wildman–Crippen LogP) is 1.80. The molecule has 1 aliphatic rings. The molecule has 1 aromatic carbocycles. The summed E-state index contributed by atoms with van der Waals surface area (Å²) in [6.07, 6.45) is 0.775. The fourth-order valence-corrected chi connectivity index (χ4v) is 3.04. The quantitative estimate of drug-likeness (QED) is 0.908. The first kappa shape index (κ1) is 15.5. The Morgan fingerprint density at radius 3 is 2.74 bits per heavy atom. The highest BCUT2D eigenvalue weighted by Gasteiger charge is 2.28. The Labute approximate surface area is 134 Å². The van der Waals surface area contributed by atoms with Gasteiger partial charge in [0.1, 0.15) is 5.56 Å². The first-order valence-electron chi connectivity index (χ1n) is 7.79. The molecule has 0 aliphatic carbocycles. The van der Waals surface area contributed by atoms with Crippen molar-refractivity contribution in [2.45, 2.75) is 13.3 Å². The number of carbonyl (C=O) groups excluding carboxylic acids is 1. The SMILES string of the molecule is Cc1[nH]c(=O)c(C(=O)N2CCC(CO)C2)cc1-c1ccccc1. The number of carbonyl (C=O) groups is 1. The largest absolute Gasteiger partial charge is 0.396 e. The van der Waals surface area contributed by atoms with E-state index >= 15 is 0 Å². The number of amides is 1. The van der Waals surface area contributed by atoms with E-state index < -0.39 is 0 Å². The number of benzene rings is 1. The van der Waals surface area contributed by atoms with E-state index in [9.17, 15) is 14.7 Å². The van der Waals surface area contributed by atoms with Crippen LogP contribution in [0.4, 0.5) is 0 Å². The first-order chi connectivity index (χ1) is 11.1. The number of aromatic amines is 1. The fraction of sp³-hybridized carbons (Fsp3) is 0.333. The number of nitrogens with zero attached hydrogens (tertiary/aromatic N) is 1. The molecular formula is C18H20N2O3. The minimum Gasteiger partial charge on any atom is -0.396 e. The summed E-state index contributed by atoms with van der Waals surface area (Å²) in [5.41, 5.74) is 2.36. The van der Waals surface area contributed by atoms with E-state index in [4.69, 9.17) is 0 Å². The van der Waals surface area contributed by atoms with Crippen molar-refractivity contribution in [1.29, 1.82) is 0 Å². The lowest BCUT2D eigenvalue weighted by Crippen LogP contribution is -2.33. The number of hydrogen-bond donors (Lipinski definition) is 2. The van der Waals surface area contributed by atoms with Crippen molar-refractivity contribution in [2.75, 3.05) is 19.7 Å². The van der Waals surface area contributed by atoms with Gasteiger partial charge in [0.25, 0.3) is 11.5 Å². The van der Waals surface area contributed by atoms with Crippen LogP contribution in [0.2, 0.25) is 0 Å². The zero-order valence-electron chi connectivity index (χ0n) is 13.1. The molecule has 2 heterocycles. The molecule has 5 heteroatoms. The lowest BCUT2D eigenvalue weighted by Gasteiger charge is -2.17. The van der Waals surface area contributed by atoms with Gasteiger partial charge in [-0.05, 0) is 25.0 Å². The number of aryl methyl sites for hydroxylation is 1. The van der Waals surface area contributed by atoms with Crippen LogP contribution in [0.5, 0.6) is 0 Å². The van der Waals surface area contributed by atoms with Crippen molar-refractivity contribution in [2.24, 2.45) is 5.92 Å². The van der Waals surface area contributed by atoms with Crippen LogP contribution < -0.4 is 5.56 Å². The third-order valence-electron chi connectivity index (χ3n) is 4.38. The van der Waals surface area contributed by atoms with E-state index in [0.29, 0.717) is 13.1 Å². The molecule has 0 bridgehead atoms. The van der Waals surface area contributed by atoms with Crippen molar-refractivity contribution >= 4 is 5.91 Å². The van der Waals surface area contributed by atoms with Crippen LogP contribution in [0.3, 0.4) is 0 Å². The molecule has 1 unspecified atom stereocenters. The molecule has 1 fully saturated rings. The second kappa shape index (κ2) is 6.38. The summed E-state index contributed by atoms with van der Waals surface area (Å²) in [6, 6.07) is 11.4. The molecule has 3 rings (SSSR count). The lowest BCUT2D eigenvalue weighted by molar-refractivity contribution is 0.0780. The van der Waals surface area contributed by atoms with Crippen molar-refractivity contribution in [1.82, 2.24) is 9.88 Å². The van der Waals surface area contributed by atoms with Crippen LogP contribution >= 0.6 is 0 Å². The van der Waals surface area contributed by atoms with E-state index in [1.807, 2.05) is 37.3 Å². The molecule has 0 radical (unpaired) electrons. The Morgan fingerprint density at radius 2 is 2.09 bits per heavy atom. The highest BCUT2D eigenvalue weighted by Crippen LogP contribution is 2.23. The lowest BCUT2D eigenvalue weighted by atomic mass is 10.0. The van der Waals surface area contributed by atoms with Crippen molar-refractivity contribution in [3.63, 3.8) is 0 Å². The molecule has 5 nitrogen and oxygen atoms in total. The van der Waals surface area contributed by atoms with Gasteiger partial charge in [0.2, 0.25) is 0 Å². The zero-order chi connectivity index (χ0) is 16.4. The van der Waals surface area contributed by atoms with Gasteiger partial charge in [-0.1, -0.05) is 30.3 Å². The Hall–Kier alpha value is -2.40. The number of H-pyrrole nitrogens is 1. The molecule has 1 saturated heterocycles. The molecule has 1 amide bonds. The summed E-state index contributed by atoms with van der Waals surface area (Å²) in [4.78, 5) is 29.3. The first-order valence-corrected chi connectivity index (χ1v) is 7.79. The molecule has 2 N–H and O–H groups in total. The van der Waals surface area contributed by atoms with E-state index in [1.54, 1.807) is 11.0 Å². The van der Waals surface area contributed by atoms with Gasteiger partial charge in [0.15, 0.2) is 0 Å². The van der Waals surface area contributed by atoms with Crippen LogP contribution in [-0.4, -0.2) is 40.6 Å². The average molecular weight is 312 g/mol. The molecule has 2 aromatic rings. The Bertz CT molecular complexity index is 768. The van der Waals surface area contributed by atoms with Crippen molar-refractivity contribution in [3.05, 3.63) is 58.0 Å². The second-order valence-electron chi connectivity index (χ2n) is 6.01. The van der Waals surface area contributed by atoms with Crippen molar-refractivity contribution < 1.29 is 9.90 Å². The Kier molecular flexibility index (Phi) is 4.30. The Morgan fingerprint density at radius 1 is 1.35 bits per heavy atom. The highest BCUT2D eigenvalue weighted by atomic mass is 16.3. The summed E-state index contributed by atoms with van der Waals surface area (Å²) in [5.74, 6) is -0.156. The van der Waals surface area contributed by atoms with Gasteiger partial charge >= 0.3 is 0 Å². The van der Waals surface area contributed by atoms with E-state index in [0.717, 1.165) is 23.2 Å². The van der Waals surface area contributed by atoms with Gasteiger partial charge in [-0.2, -0.15) is 0 Å².